The standard InChI is InChI=1S/C12H18O2/c1-2-12(13)8-9-14-10-11-6-4-3-5-7-11/h3-7,12-13H,2,8-10H2,1H3/t12-/m0/s1. The summed E-state index contributed by atoms with van der Waals surface area (Å²) in [7, 11) is 0. The Labute approximate surface area is 85.5 Å². The van der Waals surface area contributed by atoms with Crippen LogP contribution in [-0.4, -0.2) is 17.8 Å². The van der Waals surface area contributed by atoms with E-state index in [0.717, 1.165) is 12.8 Å². The average molecular weight is 194 g/mol. The van der Waals surface area contributed by atoms with E-state index in [-0.39, 0.29) is 6.10 Å². The molecule has 1 aromatic carbocycles. The Balaban J connectivity index is 2.10. The Hall–Kier alpha value is -0.860. The maximum Gasteiger partial charge on any atom is 0.0716 e. The lowest BCUT2D eigenvalue weighted by Gasteiger charge is -2.07. The molecule has 1 N–H and O–H groups in total. The van der Waals surface area contributed by atoms with Gasteiger partial charge in [0, 0.05) is 6.61 Å². The van der Waals surface area contributed by atoms with Crippen LogP contribution in [0.3, 0.4) is 0 Å². The molecule has 14 heavy (non-hydrogen) atoms. The van der Waals surface area contributed by atoms with Crippen molar-refractivity contribution in [1.29, 1.82) is 0 Å². The first-order chi connectivity index (χ1) is 6.83. The molecular formula is C12H18O2. The van der Waals surface area contributed by atoms with E-state index >= 15 is 0 Å². The summed E-state index contributed by atoms with van der Waals surface area (Å²) in [5.41, 5.74) is 1.18. The average Bonchev–Trinajstić information content (AvgIpc) is 2.25. The van der Waals surface area contributed by atoms with Crippen molar-refractivity contribution in [2.75, 3.05) is 6.61 Å². The van der Waals surface area contributed by atoms with Crippen LogP contribution in [0.15, 0.2) is 30.3 Å². The molecule has 0 amide bonds. The van der Waals surface area contributed by atoms with Crippen molar-refractivity contribution in [2.24, 2.45) is 0 Å². The summed E-state index contributed by atoms with van der Waals surface area (Å²) in [6, 6.07) is 10.1. The van der Waals surface area contributed by atoms with Gasteiger partial charge in [0.05, 0.1) is 12.7 Å². The highest BCUT2D eigenvalue weighted by molar-refractivity contribution is 5.13. The van der Waals surface area contributed by atoms with Gasteiger partial charge in [0.15, 0.2) is 0 Å². The molecule has 1 atom stereocenters. The fourth-order valence-corrected chi connectivity index (χ4v) is 1.19. The summed E-state index contributed by atoms with van der Waals surface area (Å²) in [6.07, 6.45) is 1.31. The van der Waals surface area contributed by atoms with Gasteiger partial charge in [-0.25, -0.2) is 0 Å². The van der Waals surface area contributed by atoms with Crippen LogP contribution in [0.4, 0.5) is 0 Å². The molecule has 0 saturated carbocycles. The van der Waals surface area contributed by atoms with E-state index in [1.54, 1.807) is 0 Å². The van der Waals surface area contributed by atoms with Gasteiger partial charge in [-0.05, 0) is 18.4 Å². The van der Waals surface area contributed by atoms with Crippen LogP contribution < -0.4 is 0 Å². The lowest BCUT2D eigenvalue weighted by Crippen LogP contribution is -2.08. The summed E-state index contributed by atoms with van der Waals surface area (Å²) < 4.78 is 5.43. The van der Waals surface area contributed by atoms with Gasteiger partial charge in [0.25, 0.3) is 0 Å². The molecule has 0 bridgehead atoms. The molecule has 2 heteroatoms. The second kappa shape index (κ2) is 6.57. The SMILES string of the molecule is CC[C@H](O)CCOCc1ccccc1. The third kappa shape index (κ3) is 4.40. The Morgan fingerprint density at radius 1 is 1.29 bits per heavy atom. The first-order valence-electron chi connectivity index (χ1n) is 5.12. The number of aliphatic hydroxyl groups is 1. The molecule has 0 unspecified atom stereocenters. The molecule has 0 fully saturated rings. The van der Waals surface area contributed by atoms with Crippen LogP contribution in [0.5, 0.6) is 0 Å². The molecule has 0 heterocycles. The molecule has 1 aromatic rings. The van der Waals surface area contributed by atoms with E-state index in [1.165, 1.54) is 5.56 Å². The van der Waals surface area contributed by atoms with E-state index in [2.05, 4.69) is 0 Å². The van der Waals surface area contributed by atoms with Gasteiger partial charge in [-0.2, -0.15) is 0 Å². The van der Waals surface area contributed by atoms with Crippen molar-refractivity contribution in [2.45, 2.75) is 32.5 Å². The van der Waals surface area contributed by atoms with Crippen LogP contribution >= 0.6 is 0 Å². The third-order valence-electron chi connectivity index (χ3n) is 2.18. The zero-order valence-electron chi connectivity index (χ0n) is 8.65. The van der Waals surface area contributed by atoms with Gasteiger partial charge in [0.1, 0.15) is 0 Å². The maximum atomic E-state index is 9.28. The van der Waals surface area contributed by atoms with Crippen molar-refractivity contribution in [3.05, 3.63) is 35.9 Å². The predicted molar refractivity (Wildman–Crippen MR) is 57.0 cm³/mol. The lowest BCUT2D eigenvalue weighted by atomic mass is 10.2. The molecule has 78 valence electrons. The van der Waals surface area contributed by atoms with Gasteiger partial charge in [-0.3, -0.25) is 0 Å². The summed E-state index contributed by atoms with van der Waals surface area (Å²) in [6.45, 7) is 3.24. The van der Waals surface area contributed by atoms with Crippen LogP contribution in [0.2, 0.25) is 0 Å². The number of rotatable bonds is 6. The number of hydrogen-bond donors (Lipinski definition) is 1. The molecule has 0 radical (unpaired) electrons. The highest BCUT2D eigenvalue weighted by Crippen LogP contribution is 2.02. The van der Waals surface area contributed by atoms with Crippen molar-refractivity contribution in [1.82, 2.24) is 0 Å². The Kier molecular flexibility index (Phi) is 5.27. The summed E-state index contributed by atoms with van der Waals surface area (Å²) in [5, 5.41) is 9.28. The molecule has 0 aromatic heterocycles. The molecule has 1 rings (SSSR count). The quantitative estimate of drug-likeness (QED) is 0.704. The highest BCUT2D eigenvalue weighted by Gasteiger charge is 1.99. The first kappa shape index (κ1) is 11.2. The molecular weight excluding hydrogens is 176 g/mol. The molecule has 0 aliphatic rings. The second-order valence-corrected chi connectivity index (χ2v) is 3.39. The highest BCUT2D eigenvalue weighted by atomic mass is 16.5. The molecule has 0 spiro atoms. The number of benzene rings is 1. The van der Waals surface area contributed by atoms with Crippen LogP contribution in [0, 0.1) is 0 Å². The second-order valence-electron chi connectivity index (χ2n) is 3.39. The van der Waals surface area contributed by atoms with E-state index in [4.69, 9.17) is 4.74 Å². The first-order valence-corrected chi connectivity index (χ1v) is 5.12. The van der Waals surface area contributed by atoms with Gasteiger partial charge >= 0.3 is 0 Å². The van der Waals surface area contributed by atoms with E-state index in [9.17, 15) is 5.11 Å². The van der Waals surface area contributed by atoms with Crippen LogP contribution in [0.1, 0.15) is 25.3 Å². The Morgan fingerprint density at radius 2 is 2.00 bits per heavy atom. The fourth-order valence-electron chi connectivity index (χ4n) is 1.19. The van der Waals surface area contributed by atoms with Crippen molar-refractivity contribution in [3.63, 3.8) is 0 Å². The number of hydrogen-bond acceptors (Lipinski definition) is 2. The van der Waals surface area contributed by atoms with Gasteiger partial charge in [-0.1, -0.05) is 37.3 Å². The summed E-state index contributed by atoms with van der Waals surface area (Å²) >= 11 is 0. The smallest absolute Gasteiger partial charge is 0.0716 e. The van der Waals surface area contributed by atoms with Crippen molar-refractivity contribution in [3.8, 4) is 0 Å². The molecule has 0 aliphatic carbocycles. The van der Waals surface area contributed by atoms with Gasteiger partial charge < -0.3 is 9.84 Å². The normalized spacial score (nSPS) is 12.7. The van der Waals surface area contributed by atoms with Crippen LogP contribution in [-0.2, 0) is 11.3 Å². The van der Waals surface area contributed by atoms with E-state index in [1.807, 2.05) is 37.3 Å². The van der Waals surface area contributed by atoms with Gasteiger partial charge in [0.2, 0.25) is 0 Å². The number of ether oxygens (including phenoxy) is 1. The summed E-state index contributed by atoms with van der Waals surface area (Å²) in [5.74, 6) is 0. The molecule has 0 saturated heterocycles. The van der Waals surface area contributed by atoms with Gasteiger partial charge in [-0.15, -0.1) is 0 Å². The minimum Gasteiger partial charge on any atom is -0.393 e. The summed E-state index contributed by atoms with van der Waals surface area (Å²) in [4.78, 5) is 0. The minimum atomic E-state index is -0.217. The zero-order chi connectivity index (χ0) is 10.2. The predicted octanol–water partition coefficient (Wildman–Crippen LogP) is 2.36. The van der Waals surface area contributed by atoms with Crippen LogP contribution in [0.25, 0.3) is 0 Å². The maximum absolute atomic E-state index is 9.28. The van der Waals surface area contributed by atoms with E-state index in [0.29, 0.717) is 13.2 Å². The van der Waals surface area contributed by atoms with Crippen molar-refractivity contribution < 1.29 is 9.84 Å². The topological polar surface area (TPSA) is 29.5 Å². The van der Waals surface area contributed by atoms with E-state index < -0.39 is 0 Å². The Bertz CT molecular complexity index is 233. The van der Waals surface area contributed by atoms with Crippen molar-refractivity contribution >= 4 is 0 Å². The molecule has 0 aliphatic heterocycles. The zero-order valence-corrected chi connectivity index (χ0v) is 8.65. The number of aliphatic hydroxyl groups excluding tert-OH is 1. The molecule has 2 nitrogen and oxygen atoms in total. The largest absolute Gasteiger partial charge is 0.393 e. The minimum absolute atomic E-state index is 0.217. The third-order valence-corrected chi connectivity index (χ3v) is 2.18. The lowest BCUT2D eigenvalue weighted by molar-refractivity contribution is 0.0720. The fraction of sp³-hybridized carbons (Fsp3) is 0.500. The Morgan fingerprint density at radius 3 is 2.64 bits per heavy atom. The monoisotopic (exact) mass is 194 g/mol.